The van der Waals surface area contributed by atoms with Gasteiger partial charge < -0.3 is 9.67 Å². The Hall–Kier alpha value is -1.08. The standard InChI is InChI=1S/C10H16F3N3O/c1-2-3-16-7-14-4-9(16)8(5-17)15-6-10(11,12)13/h4,7-8,15,17H,2-3,5-6H2,1H3. The van der Waals surface area contributed by atoms with E-state index in [4.69, 9.17) is 5.11 Å². The maximum atomic E-state index is 12.1. The number of rotatable bonds is 6. The SMILES string of the molecule is CCCn1cncc1C(CO)NCC(F)(F)F. The van der Waals surface area contributed by atoms with Crippen LogP contribution in [0, 0.1) is 0 Å². The third kappa shape index (κ3) is 4.35. The molecule has 0 aromatic carbocycles. The molecule has 0 fully saturated rings. The van der Waals surface area contributed by atoms with Gasteiger partial charge in [0.2, 0.25) is 0 Å². The van der Waals surface area contributed by atoms with Crippen molar-refractivity contribution >= 4 is 0 Å². The lowest BCUT2D eigenvalue weighted by Gasteiger charge is -2.19. The summed E-state index contributed by atoms with van der Waals surface area (Å²) in [4.78, 5) is 3.88. The molecule has 0 saturated carbocycles. The molecule has 17 heavy (non-hydrogen) atoms. The van der Waals surface area contributed by atoms with Crippen molar-refractivity contribution in [2.75, 3.05) is 13.2 Å². The molecule has 0 saturated heterocycles. The smallest absolute Gasteiger partial charge is 0.394 e. The van der Waals surface area contributed by atoms with Gasteiger partial charge in [-0.05, 0) is 6.42 Å². The van der Waals surface area contributed by atoms with Crippen LogP contribution < -0.4 is 5.32 Å². The highest BCUT2D eigenvalue weighted by molar-refractivity contribution is 5.05. The average molecular weight is 251 g/mol. The second kappa shape index (κ2) is 6.02. The highest BCUT2D eigenvalue weighted by atomic mass is 19.4. The van der Waals surface area contributed by atoms with Crippen LogP contribution >= 0.6 is 0 Å². The minimum Gasteiger partial charge on any atom is -0.394 e. The number of imidazole rings is 1. The lowest BCUT2D eigenvalue weighted by atomic mass is 10.2. The Morgan fingerprint density at radius 2 is 2.24 bits per heavy atom. The van der Waals surface area contributed by atoms with E-state index >= 15 is 0 Å². The van der Waals surface area contributed by atoms with Crippen molar-refractivity contribution in [2.24, 2.45) is 0 Å². The van der Waals surface area contributed by atoms with Crippen molar-refractivity contribution in [2.45, 2.75) is 32.1 Å². The van der Waals surface area contributed by atoms with Crippen LogP contribution in [0.5, 0.6) is 0 Å². The van der Waals surface area contributed by atoms with Crippen LogP contribution in [0.15, 0.2) is 12.5 Å². The second-order valence-corrected chi connectivity index (χ2v) is 3.74. The van der Waals surface area contributed by atoms with Gasteiger partial charge in [-0.15, -0.1) is 0 Å². The number of hydrogen-bond donors (Lipinski definition) is 2. The number of halogens is 3. The fourth-order valence-corrected chi connectivity index (χ4v) is 1.55. The molecule has 7 heteroatoms. The van der Waals surface area contributed by atoms with Crippen molar-refractivity contribution in [3.8, 4) is 0 Å². The normalized spacial score (nSPS) is 13.9. The predicted octanol–water partition coefficient (Wildman–Crippen LogP) is 1.48. The van der Waals surface area contributed by atoms with Crippen molar-refractivity contribution in [3.05, 3.63) is 18.2 Å². The Morgan fingerprint density at radius 1 is 1.53 bits per heavy atom. The van der Waals surface area contributed by atoms with Crippen molar-refractivity contribution in [1.82, 2.24) is 14.9 Å². The first-order valence-electron chi connectivity index (χ1n) is 5.39. The maximum Gasteiger partial charge on any atom is 0.401 e. The van der Waals surface area contributed by atoms with Gasteiger partial charge in [0.25, 0.3) is 0 Å². The monoisotopic (exact) mass is 251 g/mol. The number of aliphatic hydroxyl groups is 1. The predicted molar refractivity (Wildman–Crippen MR) is 56.4 cm³/mol. The zero-order chi connectivity index (χ0) is 12.9. The van der Waals surface area contributed by atoms with Crippen LogP contribution in [-0.4, -0.2) is 34.0 Å². The number of aromatic nitrogens is 2. The minimum absolute atomic E-state index is 0.397. The molecule has 4 nitrogen and oxygen atoms in total. The summed E-state index contributed by atoms with van der Waals surface area (Å²) >= 11 is 0. The Labute approximate surface area is 97.5 Å². The van der Waals surface area contributed by atoms with Crippen LogP contribution in [0.2, 0.25) is 0 Å². The van der Waals surface area contributed by atoms with E-state index in [1.807, 2.05) is 6.92 Å². The molecule has 1 atom stereocenters. The fourth-order valence-electron chi connectivity index (χ4n) is 1.55. The molecule has 1 unspecified atom stereocenters. The van der Waals surface area contributed by atoms with Crippen LogP contribution in [0.1, 0.15) is 25.1 Å². The van der Waals surface area contributed by atoms with E-state index in [1.165, 1.54) is 6.20 Å². The summed E-state index contributed by atoms with van der Waals surface area (Å²) in [7, 11) is 0. The van der Waals surface area contributed by atoms with Gasteiger partial charge in [-0.2, -0.15) is 13.2 Å². The number of nitrogens with zero attached hydrogens (tertiary/aromatic N) is 2. The number of hydrogen-bond acceptors (Lipinski definition) is 3. The zero-order valence-corrected chi connectivity index (χ0v) is 9.54. The van der Waals surface area contributed by atoms with E-state index in [1.54, 1.807) is 10.9 Å². The Balaban J connectivity index is 2.69. The molecule has 0 spiro atoms. The molecule has 1 rings (SSSR count). The lowest BCUT2D eigenvalue weighted by molar-refractivity contribution is -0.126. The summed E-state index contributed by atoms with van der Waals surface area (Å²) in [5.41, 5.74) is 0.568. The summed E-state index contributed by atoms with van der Waals surface area (Å²) in [6, 6.07) is -0.745. The molecular formula is C10H16F3N3O. The highest BCUT2D eigenvalue weighted by Gasteiger charge is 2.28. The second-order valence-electron chi connectivity index (χ2n) is 3.74. The Kier molecular flexibility index (Phi) is 4.95. The zero-order valence-electron chi connectivity index (χ0n) is 9.54. The van der Waals surface area contributed by atoms with E-state index in [0.717, 1.165) is 6.42 Å². The topological polar surface area (TPSA) is 50.1 Å². The molecule has 0 amide bonds. The summed E-state index contributed by atoms with van der Waals surface area (Å²) in [6.45, 7) is 1.10. The third-order valence-corrected chi connectivity index (χ3v) is 2.30. The number of nitrogens with one attached hydrogen (secondary N) is 1. The molecule has 0 aliphatic carbocycles. The first-order chi connectivity index (χ1) is 7.98. The van der Waals surface area contributed by atoms with Gasteiger partial charge in [-0.3, -0.25) is 5.32 Å². The highest BCUT2D eigenvalue weighted by Crippen LogP contribution is 2.17. The van der Waals surface area contributed by atoms with Crippen molar-refractivity contribution < 1.29 is 18.3 Å². The minimum atomic E-state index is -4.29. The van der Waals surface area contributed by atoms with E-state index < -0.39 is 25.4 Å². The summed E-state index contributed by atoms with van der Waals surface area (Å²) in [5, 5.41) is 11.4. The van der Waals surface area contributed by atoms with Gasteiger partial charge in [-0.25, -0.2) is 4.98 Å². The van der Waals surface area contributed by atoms with E-state index in [9.17, 15) is 13.2 Å². The maximum absolute atomic E-state index is 12.1. The lowest BCUT2D eigenvalue weighted by Crippen LogP contribution is -2.34. The van der Waals surface area contributed by atoms with Crippen LogP contribution in [-0.2, 0) is 6.54 Å². The average Bonchev–Trinajstić information content (AvgIpc) is 2.66. The number of aryl methyl sites for hydroxylation is 1. The van der Waals surface area contributed by atoms with Crippen LogP contribution in [0.4, 0.5) is 13.2 Å². The Bertz CT molecular complexity index is 338. The van der Waals surface area contributed by atoms with Gasteiger partial charge in [0.15, 0.2) is 0 Å². The summed E-state index contributed by atoms with van der Waals surface area (Å²) in [6.07, 6.45) is -0.416. The van der Waals surface area contributed by atoms with E-state index in [-0.39, 0.29) is 0 Å². The molecule has 0 aliphatic heterocycles. The first-order valence-corrected chi connectivity index (χ1v) is 5.39. The van der Waals surface area contributed by atoms with E-state index in [0.29, 0.717) is 12.2 Å². The first kappa shape index (κ1) is 14.0. The van der Waals surface area contributed by atoms with Gasteiger partial charge in [0.1, 0.15) is 0 Å². The van der Waals surface area contributed by atoms with Crippen molar-refractivity contribution in [1.29, 1.82) is 0 Å². The van der Waals surface area contributed by atoms with Gasteiger partial charge in [0.05, 0.1) is 31.2 Å². The van der Waals surface area contributed by atoms with Gasteiger partial charge in [-0.1, -0.05) is 6.92 Å². The largest absolute Gasteiger partial charge is 0.401 e. The molecule has 1 aromatic rings. The molecule has 1 aromatic heterocycles. The summed E-state index contributed by atoms with van der Waals surface area (Å²) in [5.74, 6) is 0. The van der Waals surface area contributed by atoms with Crippen LogP contribution in [0.25, 0.3) is 0 Å². The van der Waals surface area contributed by atoms with Gasteiger partial charge >= 0.3 is 6.18 Å². The third-order valence-electron chi connectivity index (χ3n) is 2.30. The van der Waals surface area contributed by atoms with E-state index in [2.05, 4.69) is 10.3 Å². The molecule has 2 N–H and O–H groups in total. The molecule has 1 heterocycles. The number of alkyl halides is 3. The molecule has 0 radical (unpaired) electrons. The summed E-state index contributed by atoms with van der Waals surface area (Å²) < 4.78 is 38.0. The molecule has 0 aliphatic rings. The van der Waals surface area contributed by atoms with Crippen LogP contribution in [0.3, 0.4) is 0 Å². The van der Waals surface area contributed by atoms with Gasteiger partial charge in [0, 0.05) is 12.7 Å². The molecule has 98 valence electrons. The number of aliphatic hydroxyl groups excluding tert-OH is 1. The Morgan fingerprint density at radius 3 is 2.76 bits per heavy atom. The fraction of sp³-hybridized carbons (Fsp3) is 0.700. The van der Waals surface area contributed by atoms with Crippen molar-refractivity contribution in [3.63, 3.8) is 0 Å². The molecular weight excluding hydrogens is 235 g/mol. The quantitative estimate of drug-likeness (QED) is 0.805. The molecule has 0 bridgehead atoms.